The van der Waals surface area contributed by atoms with Crippen molar-refractivity contribution < 1.29 is 27.5 Å². The third-order valence-electron chi connectivity index (χ3n) is 5.03. The monoisotopic (exact) mass is 409 g/mol. The van der Waals surface area contributed by atoms with Crippen LogP contribution in [-0.2, 0) is 15.0 Å². The number of hydrogen-bond donors (Lipinski definition) is 1. The van der Waals surface area contributed by atoms with E-state index in [2.05, 4.69) is 11.9 Å². The van der Waals surface area contributed by atoms with Crippen LogP contribution in [0.4, 0.5) is 18.9 Å². The predicted molar refractivity (Wildman–Crippen MR) is 104 cm³/mol. The molecule has 0 bridgehead atoms. The fourth-order valence-corrected chi connectivity index (χ4v) is 3.69. The molecule has 1 aliphatic heterocycles. The number of halogens is 3. The van der Waals surface area contributed by atoms with Crippen LogP contribution in [0.3, 0.4) is 0 Å². The van der Waals surface area contributed by atoms with Gasteiger partial charge in [0, 0.05) is 11.6 Å². The number of carbonyl (C=O) groups excluding carboxylic acids is 2. The summed E-state index contributed by atoms with van der Waals surface area (Å²) in [4.78, 5) is 24.6. The lowest BCUT2D eigenvalue weighted by Crippen LogP contribution is -2.37. The second kappa shape index (κ2) is 7.18. The fourth-order valence-electron chi connectivity index (χ4n) is 3.69. The number of ether oxygens (including phenoxy) is 1. The minimum atomic E-state index is -1.56. The number of carbonyl (C=O) groups is 2. The molecule has 1 aliphatic rings. The summed E-state index contributed by atoms with van der Waals surface area (Å²) >= 11 is 0. The van der Waals surface area contributed by atoms with E-state index < -0.39 is 34.7 Å². The van der Waals surface area contributed by atoms with E-state index in [4.69, 9.17) is 4.74 Å². The molecule has 1 N–H and O–H groups in total. The molecule has 1 amide bonds. The number of anilines is 1. The Morgan fingerprint density at radius 3 is 2.13 bits per heavy atom. The van der Waals surface area contributed by atoms with E-state index in [0.717, 1.165) is 12.1 Å². The maximum atomic E-state index is 14.4. The van der Waals surface area contributed by atoms with Gasteiger partial charge in [-0.2, -0.15) is 0 Å². The highest BCUT2D eigenvalue weighted by Crippen LogP contribution is 2.49. The molecule has 1 atom stereocenters. The van der Waals surface area contributed by atoms with E-state index in [1.165, 1.54) is 54.6 Å². The van der Waals surface area contributed by atoms with Crippen LogP contribution in [0.2, 0.25) is 0 Å². The van der Waals surface area contributed by atoms with Crippen molar-refractivity contribution in [3.63, 3.8) is 0 Å². The molecule has 0 fully saturated rings. The Morgan fingerprint density at radius 1 is 0.933 bits per heavy atom. The summed E-state index contributed by atoms with van der Waals surface area (Å²) in [5.41, 5.74) is -0.879. The molecule has 3 aromatic carbocycles. The van der Waals surface area contributed by atoms with Gasteiger partial charge in [-0.15, -0.1) is 0 Å². The Labute approximate surface area is 169 Å². The fraction of sp³-hybridized carbons (Fsp3) is 0.0435. The van der Waals surface area contributed by atoms with Crippen LogP contribution < -0.4 is 10.1 Å². The third kappa shape index (κ3) is 2.86. The molecule has 4 rings (SSSR count). The van der Waals surface area contributed by atoms with Crippen LogP contribution in [0.5, 0.6) is 5.75 Å². The molecular weight excluding hydrogens is 395 g/mol. The van der Waals surface area contributed by atoms with Gasteiger partial charge in [0.2, 0.25) is 5.91 Å². The predicted octanol–water partition coefficient (Wildman–Crippen LogP) is 4.48. The van der Waals surface area contributed by atoms with Crippen LogP contribution in [0, 0.1) is 17.5 Å². The summed E-state index contributed by atoms with van der Waals surface area (Å²) in [5, 5.41) is 2.42. The van der Waals surface area contributed by atoms with E-state index in [1.54, 1.807) is 0 Å². The Hall–Kier alpha value is -3.87. The first-order valence-corrected chi connectivity index (χ1v) is 8.88. The molecule has 0 aliphatic carbocycles. The van der Waals surface area contributed by atoms with Gasteiger partial charge < -0.3 is 10.1 Å². The van der Waals surface area contributed by atoms with E-state index in [1.807, 2.05) is 0 Å². The van der Waals surface area contributed by atoms with Crippen molar-refractivity contribution >= 4 is 17.6 Å². The van der Waals surface area contributed by atoms with Crippen molar-refractivity contribution in [3.8, 4) is 5.75 Å². The molecule has 1 unspecified atom stereocenters. The molecule has 4 nitrogen and oxygen atoms in total. The van der Waals surface area contributed by atoms with Crippen LogP contribution in [0.1, 0.15) is 16.7 Å². The number of esters is 1. The first-order valence-electron chi connectivity index (χ1n) is 8.88. The van der Waals surface area contributed by atoms with Crippen molar-refractivity contribution in [2.75, 3.05) is 5.32 Å². The van der Waals surface area contributed by atoms with Crippen LogP contribution in [0.15, 0.2) is 73.3 Å². The Morgan fingerprint density at radius 2 is 1.53 bits per heavy atom. The standard InChI is InChI=1S/C23H14F3NO3/c1-2-19(28)30-16-9-5-14(6-10-16)23(13-3-7-15(24)8-4-13)17-11-12-18(25)20(26)21(17)27-22(23)29/h2-12H,1H2,(H,27,29). The highest BCUT2D eigenvalue weighted by molar-refractivity contribution is 6.11. The summed E-state index contributed by atoms with van der Waals surface area (Å²) in [6.45, 7) is 3.32. The smallest absolute Gasteiger partial charge is 0.335 e. The van der Waals surface area contributed by atoms with Gasteiger partial charge in [0.1, 0.15) is 17.0 Å². The maximum Gasteiger partial charge on any atom is 0.335 e. The van der Waals surface area contributed by atoms with Gasteiger partial charge in [-0.3, -0.25) is 4.79 Å². The van der Waals surface area contributed by atoms with Crippen molar-refractivity contribution in [1.29, 1.82) is 0 Å². The van der Waals surface area contributed by atoms with Crippen LogP contribution in [0.25, 0.3) is 0 Å². The van der Waals surface area contributed by atoms with Crippen LogP contribution in [-0.4, -0.2) is 11.9 Å². The zero-order chi connectivity index (χ0) is 21.5. The number of rotatable bonds is 4. The quantitative estimate of drug-likeness (QED) is 0.393. The zero-order valence-corrected chi connectivity index (χ0v) is 15.4. The average Bonchev–Trinajstić information content (AvgIpc) is 3.05. The van der Waals surface area contributed by atoms with Gasteiger partial charge in [0.05, 0.1) is 5.69 Å². The van der Waals surface area contributed by atoms with Gasteiger partial charge >= 0.3 is 5.97 Å². The first kappa shape index (κ1) is 19.4. The molecule has 0 aromatic heterocycles. The van der Waals surface area contributed by atoms with E-state index >= 15 is 0 Å². The Balaban J connectivity index is 1.95. The lowest BCUT2D eigenvalue weighted by Gasteiger charge is -2.29. The molecular formula is C23H14F3NO3. The lowest BCUT2D eigenvalue weighted by atomic mass is 9.70. The van der Waals surface area contributed by atoms with Gasteiger partial charge in [-0.25, -0.2) is 18.0 Å². The van der Waals surface area contributed by atoms with E-state index in [-0.39, 0.29) is 17.0 Å². The third-order valence-corrected chi connectivity index (χ3v) is 5.03. The van der Waals surface area contributed by atoms with Crippen molar-refractivity contribution in [3.05, 3.63) is 107 Å². The summed E-state index contributed by atoms with van der Waals surface area (Å²) in [6, 6.07) is 13.4. The van der Waals surface area contributed by atoms with Gasteiger partial charge in [0.15, 0.2) is 11.6 Å². The lowest BCUT2D eigenvalue weighted by molar-refractivity contribution is -0.129. The highest BCUT2D eigenvalue weighted by Gasteiger charge is 2.51. The van der Waals surface area contributed by atoms with Gasteiger partial charge in [-0.05, 0) is 41.5 Å². The number of fused-ring (bicyclic) bond motifs is 1. The zero-order valence-electron chi connectivity index (χ0n) is 15.4. The Kier molecular flexibility index (Phi) is 4.66. The molecule has 0 saturated heterocycles. The molecule has 150 valence electrons. The second-order valence-electron chi connectivity index (χ2n) is 6.64. The van der Waals surface area contributed by atoms with E-state index in [0.29, 0.717) is 11.1 Å². The van der Waals surface area contributed by atoms with Crippen molar-refractivity contribution in [2.24, 2.45) is 0 Å². The summed E-state index contributed by atoms with van der Waals surface area (Å²) < 4.78 is 46.8. The average molecular weight is 409 g/mol. The maximum absolute atomic E-state index is 14.4. The molecule has 1 heterocycles. The Bertz CT molecular complexity index is 1170. The molecule has 7 heteroatoms. The number of nitrogens with one attached hydrogen (secondary N) is 1. The van der Waals surface area contributed by atoms with Gasteiger partial charge in [-0.1, -0.05) is 36.9 Å². The highest BCUT2D eigenvalue weighted by atomic mass is 19.2. The molecule has 3 aromatic rings. The largest absolute Gasteiger partial charge is 0.423 e. The molecule has 0 radical (unpaired) electrons. The first-order chi connectivity index (χ1) is 14.4. The summed E-state index contributed by atoms with van der Waals surface area (Å²) in [6.07, 6.45) is 1.01. The number of hydrogen-bond acceptors (Lipinski definition) is 3. The summed E-state index contributed by atoms with van der Waals surface area (Å²) in [5.74, 6) is -3.86. The normalized spacial score (nSPS) is 17.2. The number of benzene rings is 3. The SMILES string of the molecule is C=CC(=O)Oc1ccc(C2(c3ccc(F)cc3)C(=O)Nc3c2ccc(F)c3F)cc1. The minimum Gasteiger partial charge on any atom is -0.423 e. The van der Waals surface area contributed by atoms with Crippen molar-refractivity contribution in [2.45, 2.75) is 5.41 Å². The van der Waals surface area contributed by atoms with Crippen molar-refractivity contribution in [1.82, 2.24) is 0 Å². The summed E-state index contributed by atoms with van der Waals surface area (Å²) in [7, 11) is 0. The topological polar surface area (TPSA) is 55.4 Å². The second-order valence-corrected chi connectivity index (χ2v) is 6.64. The number of amides is 1. The molecule has 0 saturated carbocycles. The molecule has 30 heavy (non-hydrogen) atoms. The minimum absolute atomic E-state index is 0.189. The van der Waals surface area contributed by atoms with E-state index in [9.17, 15) is 22.8 Å². The molecule has 0 spiro atoms. The van der Waals surface area contributed by atoms with Gasteiger partial charge in [0.25, 0.3) is 0 Å². The van der Waals surface area contributed by atoms with Crippen LogP contribution >= 0.6 is 0 Å².